The minimum atomic E-state index is -0.187. The molecule has 7 atom stereocenters. The van der Waals surface area contributed by atoms with E-state index in [-0.39, 0.29) is 17.7 Å². The molecule has 2 N–H and O–H groups in total. The lowest BCUT2D eigenvalue weighted by atomic mass is 9.47. The molecule has 2 saturated carbocycles. The third-order valence-electron chi connectivity index (χ3n) is 6.92. The van der Waals surface area contributed by atoms with Crippen molar-refractivity contribution in [2.45, 2.75) is 63.2 Å². The summed E-state index contributed by atoms with van der Waals surface area (Å²) in [4.78, 5) is 2.72. The van der Waals surface area contributed by atoms with E-state index in [2.05, 4.69) is 11.8 Å². The summed E-state index contributed by atoms with van der Waals surface area (Å²) in [6.45, 7) is 4.66. The highest BCUT2D eigenvalue weighted by Crippen LogP contribution is 2.60. The van der Waals surface area contributed by atoms with Gasteiger partial charge in [-0.3, -0.25) is 4.90 Å². The fourth-order valence-corrected chi connectivity index (χ4v) is 6.36. The zero-order valence-electron chi connectivity index (χ0n) is 12.0. The molecule has 3 heteroatoms. The number of aliphatic hydroxyl groups excluding tert-OH is 2. The van der Waals surface area contributed by atoms with Gasteiger partial charge in [0.2, 0.25) is 0 Å². The van der Waals surface area contributed by atoms with Crippen LogP contribution in [0.2, 0.25) is 0 Å². The molecule has 0 aromatic heterocycles. The van der Waals surface area contributed by atoms with Crippen molar-refractivity contribution < 1.29 is 10.2 Å². The zero-order valence-corrected chi connectivity index (χ0v) is 12.0. The molecule has 2 bridgehead atoms. The second-order valence-corrected chi connectivity index (χ2v) is 7.61. The summed E-state index contributed by atoms with van der Waals surface area (Å²) in [5, 5.41) is 21.2. The summed E-state index contributed by atoms with van der Waals surface area (Å²) in [7, 11) is 0. The summed E-state index contributed by atoms with van der Waals surface area (Å²) in [6.07, 6.45) is 6.59. The Labute approximate surface area is 116 Å². The van der Waals surface area contributed by atoms with Crippen LogP contribution in [0.3, 0.4) is 0 Å². The summed E-state index contributed by atoms with van der Waals surface area (Å²) in [5.41, 5.74) is 0.234. The molecule has 4 aliphatic rings. The van der Waals surface area contributed by atoms with Crippen LogP contribution >= 0.6 is 0 Å². The predicted octanol–water partition coefficient (Wildman–Crippen LogP) is 1.63. The summed E-state index contributed by atoms with van der Waals surface area (Å²) in [5.74, 6) is 1.85. The number of rotatable bonds is 0. The van der Waals surface area contributed by atoms with Crippen molar-refractivity contribution >= 4 is 0 Å². The molecule has 0 radical (unpaired) electrons. The van der Waals surface area contributed by atoms with Gasteiger partial charge in [0.05, 0.1) is 12.2 Å². The average Bonchev–Trinajstić information content (AvgIpc) is 2.40. The normalized spacial score (nSPS) is 57.6. The highest BCUT2D eigenvalue weighted by atomic mass is 16.3. The Morgan fingerprint density at radius 1 is 1.05 bits per heavy atom. The fourth-order valence-electron chi connectivity index (χ4n) is 6.36. The largest absolute Gasteiger partial charge is 0.393 e. The molecule has 19 heavy (non-hydrogen) atoms. The number of hydrogen-bond acceptors (Lipinski definition) is 3. The summed E-state index contributed by atoms with van der Waals surface area (Å²) >= 11 is 0. The van der Waals surface area contributed by atoms with E-state index in [1.54, 1.807) is 0 Å². The van der Waals surface area contributed by atoms with Crippen LogP contribution in [0, 0.1) is 23.7 Å². The smallest absolute Gasteiger partial charge is 0.0598 e. The van der Waals surface area contributed by atoms with Crippen LogP contribution in [0.15, 0.2) is 0 Å². The first-order valence-corrected chi connectivity index (χ1v) is 8.26. The monoisotopic (exact) mass is 265 g/mol. The SMILES string of the molecule is CC1CC23C4CCCN2CCCC3C(CC4O)C1O. The lowest BCUT2D eigenvalue weighted by Crippen LogP contribution is -2.74. The highest BCUT2D eigenvalue weighted by Gasteiger charge is 2.64. The van der Waals surface area contributed by atoms with Gasteiger partial charge in [-0.1, -0.05) is 6.92 Å². The van der Waals surface area contributed by atoms with Crippen molar-refractivity contribution in [3.8, 4) is 0 Å². The number of aliphatic hydroxyl groups is 2. The second-order valence-electron chi connectivity index (χ2n) is 7.61. The van der Waals surface area contributed by atoms with Gasteiger partial charge in [-0.25, -0.2) is 0 Å². The second kappa shape index (κ2) is 4.19. The van der Waals surface area contributed by atoms with Crippen molar-refractivity contribution in [1.29, 1.82) is 0 Å². The molecule has 0 aromatic rings. The van der Waals surface area contributed by atoms with Gasteiger partial charge in [0.25, 0.3) is 0 Å². The lowest BCUT2D eigenvalue weighted by Gasteiger charge is -2.68. The maximum atomic E-state index is 10.6. The Balaban J connectivity index is 1.81. The van der Waals surface area contributed by atoms with E-state index in [1.165, 1.54) is 38.8 Å². The molecule has 2 saturated heterocycles. The first-order valence-electron chi connectivity index (χ1n) is 8.26. The molecule has 4 fully saturated rings. The Morgan fingerprint density at radius 2 is 1.74 bits per heavy atom. The van der Waals surface area contributed by atoms with Crippen molar-refractivity contribution in [1.82, 2.24) is 4.90 Å². The van der Waals surface area contributed by atoms with Crippen LogP contribution in [0.1, 0.15) is 45.4 Å². The number of nitrogens with zero attached hydrogens (tertiary/aromatic N) is 1. The average molecular weight is 265 g/mol. The van der Waals surface area contributed by atoms with Crippen LogP contribution in [0.25, 0.3) is 0 Å². The van der Waals surface area contributed by atoms with Gasteiger partial charge in [-0.2, -0.15) is 0 Å². The van der Waals surface area contributed by atoms with E-state index in [4.69, 9.17) is 0 Å². The minimum Gasteiger partial charge on any atom is -0.393 e. The summed E-state index contributed by atoms with van der Waals surface area (Å²) < 4.78 is 0. The quantitative estimate of drug-likeness (QED) is 0.699. The molecule has 108 valence electrons. The third-order valence-corrected chi connectivity index (χ3v) is 6.92. The van der Waals surface area contributed by atoms with Crippen LogP contribution < -0.4 is 0 Å². The van der Waals surface area contributed by atoms with Gasteiger partial charge in [0.15, 0.2) is 0 Å². The fraction of sp³-hybridized carbons (Fsp3) is 1.00. The first-order chi connectivity index (χ1) is 9.14. The molecule has 4 rings (SSSR count). The van der Waals surface area contributed by atoms with E-state index in [0.29, 0.717) is 23.7 Å². The molecule has 1 spiro atoms. The standard InChI is InChI=1S/C16H27NO2/c1-10-9-16-12-4-2-6-17(16)7-3-5-13(16)14(18)8-11(12)15(10)19/h10-15,18-19H,2-9H2,1H3. The van der Waals surface area contributed by atoms with Crippen molar-refractivity contribution in [3.63, 3.8) is 0 Å². The van der Waals surface area contributed by atoms with Gasteiger partial charge in [-0.15, -0.1) is 0 Å². The van der Waals surface area contributed by atoms with Crippen LogP contribution in [-0.2, 0) is 0 Å². The third kappa shape index (κ3) is 1.50. The van der Waals surface area contributed by atoms with Gasteiger partial charge in [-0.05, 0) is 69.4 Å². The van der Waals surface area contributed by atoms with Gasteiger partial charge >= 0.3 is 0 Å². The lowest BCUT2D eigenvalue weighted by molar-refractivity contribution is -0.222. The molecule has 7 unspecified atom stereocenters. The van der Waals surface area contributed by atoms with Gasteiger partial charge in [0, 0.05) is 11.5 Å². The van der Waals surface area contributed by atoms with Crippen molar-refractivity contribution in [2.24, 2.45) is 23.7 Å². The van der Waals surface area contributed by atoms with E-state index in [0.717, 1.165) is 12.8 Å². The Kier molecular flexibility index (Phi) is 2.78. The van der Waals surface area contributed by atoms with E-state index in [1.807, 2.05) is 0 Å². The van der Waals surface area contributed by atoms with Crippen molar-refractivity contribution in [2.75, 3.05) is 13.1 Å². The Hall–Kier alpha value is -0.120. The van der Waals surface area contributed by atoms with E-state index in [9.17, 15) is 10.2 Å². The maximum Gasteiger partial charge on any atom is 0.0598 e. The molecule has 2 heterocycles. The van der Waals surface area contributed by atoms with E-state index < -0.39 is 0 Å². The highest BCUT2D eigenvalue weighted by molar-refractivity contribution is 5.16. The van der Waals surface area contributed by atoms with Gasteiger partial charge in [0.1, 0.15) is 0 Å². The summed E-state index contributed by atoms with van der Waals surface area (Å²) in [6, 6.07) is 0. The van der Waals surface area contributed by atoms with E-state index >= 15 is 0 Å². The molecular formula is C16H27NO2. The molecular weight excluding hydrogens is 238 g/mol. The maximum absolute atomic E-state index is 10.6. The molecule has 2 aliphatic heterocycles. The predicted molar refractivity (Wildman–Crippen MR) is 73.7 cm³/mol. The van der Waals surface area contributed by atoms with Crippen molar-refractivity contribution in [3.05, 3.63) is 0 Å². The Bertz CT molecular complexity index is 372. The molecule has 3 nitrogen and oxygen atoms in total. The van der Waals surface area contributed by atoms with Crippen LogP contribution in [-0.4, -0.2) is 45.9 Å². The Morgan fingerprint density at radius 3 is 2.47 bits per heavy atom. The van der Waals surface area contributed by atoms with Gasteiger partial charge < -0.3 is 10.2 Å². The molecule has 0 aromatic carbocycles. The topological polar surface area (TPSA) is 43.7 Å². The number of hydrogen-bond donors (Lipinski definition) is 2. The number of piperidine rings is 2. The zero-order chi connectivity index (χ0) is 13.2. The minimum absolute atomic E-state index is 0.177. The first kappa shape index (κ1) is 12.6. The van der Waals surface area contributed by atoms with Crippen LogP contribution in [0.4, 0.5) is 0 Å². The molecule has 2 aliphatic carbocycles. The van der Waals surface area contributed by atoms with Crippen LogP contribution in [0.5, 0.6) is 0 Å². The molecule has 0 amide bonds.